The predicted molar refractivity (Wildman–Crippen MR) is 76.7 cm³/mol. The minimum Gasteiger partial charge on any atom is -0.377 e. The summed E-state index contributed by atoms with van der Waals surface area (Å²) in [5.41, 5.74) is 2.15. The van der Waals surface area contributed by atoms with Gasteiger partial charge in [0, 0.05) is 19.2 Å². The molecule has 2 rings (SSSR count). The minimum absolute atomic E-state index is 0.213. The molecule has 0 saturated carbocycles. The third kappa shape index (κ3) is 3.85. The van der Waals surface area contributed by atoms with Gasteiger partial charge >= 0.3 is 0 Å². The molecule has 20 heavy (non-hydrogen) atoms. The summed E-state index contributed by atoms with van der Waals surface area (Å²) in [5.74, 6) is 0. The fraction of sp³-hybridized carbons (Fsp3) is 0.500. The summed E-state index contributed by atoms with van der Waals surface area (Å²) >= 11 is 0. The van der Waals surface area contributed by atoms with E-state index >= 15 is 0 Å². The topological polar surface area (TPSA) is 64.9 Å². The van der Waals surface area contributed by atoms with Crippen molar-refractivity contribution in [3.8, 4) is 5.69 Å². The lowest BCUT2D eigenvalue weighted by Crippen LogP contribution is -2.29. The molecule has 0 aliphatic heterocycles. The largest absolute Gasteiger partial charge is 0.377 e. The van der Waals surface area contributed by atoms with Gasteiger partial charge in [0.15, 0.2) is 0 Å². The van der Waals surface area contributed by atoms with Crippen LogP contribution in [0.25, 0.3) is 5.69 Å². The molecule has 2 atom stereocenters. The molecule has 108 valence electrons. The number of ether oxygens (including phenoxy) is 1. The van der Waals surface area contributed by atoms with Gasteiger partial charge in [0.2, 0.25) is 0 Å². The molecule has 1 N–H and O–H groups in total. The lowest BCUT2D eigenvalue weighted by Gasteiger charge is -2.18. The van der Waals surface area contributed by atoms with E-state index in [1.807, 2.05) is 19.1 Å². The lowest BCUT2D eigenvalue weighted by molar-refractivity contribution is 0.0743. The van der Waals surface area contributed by atoms with Gasteiger partial charge in [-0.2, -0.15) is 0 Å². The quantitative estimate of drug-likeness (QED) is 0.833. The Labute approximate surface area is 119 Å². The third-order valence-corrected chi connectivity index (χ3v) is 3.15. The Morgan fingerprint density at radius 2 is 2.20 bits per heavy atom. The zero-order chi connectivity index (χ0) is 14.4. The maximum Gasteiger partial charge on any atom is 0.143 e. The molecule has 6 nitrogen and oxygen atoms in total. The van der Waals surface area contributed by atoms with Gasteiger partial charge < -0.3 is 10.1 Å². The van der Waals surface area contributed by atoms with Gasteiger partial charge in [-0.1, -0.05) is 12.1 Å². The highest BCUT2D eigenvalue weighted by atomic mass is 16.5. The molecule has 0 amide bonds. The van der Waals surface area contributed by atoms with Crippen molar-refractivity contribution in [2.24, 2.45) is 0 Å². The zero-order valence-electron chi connectivity index (χ0n) is 12.2. The van der Waals surface area contributed by atoms with E-state index in [0.29, 0.717) is 0 Å². The first-order valence-corrected chi connectivity index (χ1v) is 6.89. The number of hydrogen-bond donors (Lipinski definition) is 1. The fourth-order valence-electron chi connectivity index (χ4n) is 2.02. The van der Waals surface area contributed by atoms with Crippen molar-refractivity contribution >= 4 is 0 Å². The van der Waals surface area contributed by atoms with Crippen LogP contribution >= 0.6 is 0 Å². The molecular formula is C14H21N5O. The highest BCUT2D eigenvalue weighted by Crippen LogP contribution is 2.16. The maximum atomic E-state index is 5.52. The third-order valence-electron chi connectivity index (χ3n) is 3.15. The minimum atomic E-state index is 0.213. The van der Waals surface area contributed by atoms with Crippen molar-refractivity contribution in [3.05, 3.63) is 36.2 Å². The van der Waals surface area contributed by atoms with Gasteiger partial charge in [-0.25, -0.2) is 4.68 Å². The number of rotatable bonds is 7. The standard InChI is InChI=1S/C14H21N5O/c1-4-20-11(2)9-15-12(3)13-6-5-7-14(8-13)19-10-16-17-18-19/h5-8,10-12,15H,4,9H2,1-3H3. The van der Waals surface area contributed by atoms with Gasteiger partial charge in [-0.15, -0.1) is 5.10 Å². The molecule has 0 fully saturated rings. The van der Waals surface area contributed by atoms with E-state index in [2.05, 4.69) is 46.8 Å². The van der Waals surface area contributed by atoms with Gasteiger partial charge in [0.05, 0.1) is 11.8 Å². The number of nitrogens with zero attached hydrogens (tertiary/aromatic N) is 4. The molecule has 0 saturated heterocycles. The smallest absolute Gasteiger partial charge is 0.143 e. The second-order valence-electron chi connectivity index (χ2n) is 4.75. The molecule has 2 aromatic rings. The molecular weight excluding hydrogens is 254 g/mol. The summed E-state index contributed by atoms with van der Waals surface area (Å²) in [6.45, 7) is 7.78. The normalized spacial score (nSPS) is 14.2. The number of benzene rings is 1. The van der Waals surface area contributed by atoms with Gasteiger partial charge in [-0.05, 0) is 48.9 Å². The van der Waals surface area contributed by atoms with Crippen LogP contribution in [0.1, 0.15) is 32.4 Å². The van der Waals surface area contributed by atoms with E-state index in [1.165, 1.54) is 5.56 Å². The average molecular weight is 275 g/mol. The average Bonchev–Trinajstić information content (AvgIpc) is 2.99. The molecule has 0 radical (unpaired) electrons. The summed E-state index contributed by atoms with van der Waals surface area (Å²) in [6.07, 6.45) is 1.80. The Morgan fingerprint density at radius 1 is 1.35 bits per heavy atom. The number of tetrazole rings is 1. The van der Waals surface area contributed by atoms with E-state index in [4.69, 9.17) is 4.74 Å². The summed E-state index contributed by atoms with van der Waals surface area (Å²) in [5, 5.41) is 14.7. The van der Waals surface area contributed by atoms with Gasteiger partial charge in [0.1, 0.15) is 6.33 Å². The molecule has 0 aliphatic rings. The molecule has 0 spiro atoms. The first-order chi connectivity index (χ1) is 9.70. The van der Waals surface area contributed by atoms with Crippen LogP contribution in [0.4, 0.5) is 0 Å². The van der Waals surface area contributed by atoms with Crippen LogP contribution in [-0.4, -0.2) is 39.5 Å². The summed E-state index contributed by atoms with van der Waals surface area (Å²) < 4.78 is 7.17. The summed E-state index contributed by atoms with van der Waals surface area (Å²) in [4.78, 5) is 0. The van der Waals surface area contributed by atoms with Crippen molar-refractivity contribution in [3.63, 3.8) is 0 Å². The van der Waals surface area contributed by atoms with Crippen molar-refractivity contribution in [1.82, 2.24) is 25.5 Å². The van der Waals surface area contributed by atoms with Crippen LogP contribution in [0.5, 0.6) is 0 Å². The summed E-state index contributed by atoms with van der Waals surface area (Å²) in [7, 11) is 0. The van der Waals surface area contributed by atoms with Crippen molar-refractivity contribution in [2.75, 3.05) is 13.2 Å². The van der Waals surface area contributed by atoms with Crippen LogP contribution < -0.4 is 5.32 Å². The van der Waals surface area contributed by atoms with Gasteiger partial charge in [-0.3, -0.25) is 0 Å². The lowest BCUT2D eigenvalue weighted by atomic mass is 10.1. The van der Waals surface area contributed by atoms with E-state index in [0.717, 1.165) is 18.8 Å². The van der Waals surface area contributed by atoms with Crippen molar-refractivity contribution in [1.29, 1.82) is 0 Å². The first kappa shape index (κ1) is 14.6. The fourth-order valence-corrected chi connectivity index (χ4v) is 2.02. The number of aromatic nitrogens is 4. The number of nitrogens with one attached hydrogen (secondary N) is 1. The first-order valence-electron chi connectivity index (χ1n) is 6.89. The maximum absolute atomic E-state index is 5.52. The Kier molecular flexibility index (Phi) is 5.20. The second-order valence-corrected chi connectivity index (χ2v) is 4.75. The van der Waals surface area contributed by atoms with E-state index in [-0.39, 0.29) is 12.1 Å². The Bertz CT molecular complexity index is 514. The van der Waals surface area contributed by atoms with Crippen molar-refractivity contribution in [2.45, 2.75) is 32.9 Å². The molecule has 1 aromatic carbocycles. The molecule has 1 aromatic heterocycles. The SMILES string of the molecule is CCOC(C)CNC(C)c1cccc(-n2cnnn2)c1. The van der Waals surface area contributed by atoms with Crippen LogP contribution in [0, 0.1) is 0 Å². The molecule has 2 unspecified atom stereocenters. The predicted octanol–water partition coefficient (Wildman–Crippen LogP) is 1.74. The van der Waals surface area contributed by atoms with Crippen LogP contribution in [0.15, 0.2) is 30.6 Å². The monoisotopic (exact) mass is 275 g/mol. The molecule has 0 aliphatic carbocycles. The molecule has 0 bridgehead atoms. The van der Waals surface area contributed by atoms with Crippen LogP contribution in [0.3, 0.4) is 0 Å². The van der Waals surface area contributed by atoms with E-state index in [1.54, 1.807) is 11.0 Å². The van der Waals surface area contributed by atoms with E-state index < -0.39 is 0 Å². The van der Waals surface area contributed by atoms with Crippen molar-refractivity contribution < 1.29 is 4.74 Å². The van der Waals surface area contributed by atoms with Crippen LogP contribution in [0.2, 0.25) is 0 Å². The second kappa shape index (κ2) is 7.12. The highest BCUT2D eigenvalue weighted by Gasteiger charge is 2.09. The molecule has 1 heterocycles. The summed E-state index contributed by atoms with van der Waals surface area (Å²) in [6, 6.07) is 8.41. The number of hydrogen-bond acceptors (Lipinski definition) is 5. The van der Waals surface area contributed by atoms with Crippen LogP contribution in [-0.2, 0) is 4.74 Å². The van der Waals surface area contributed by atoms with E-state index in [9.17, 15) is 0 Å². The Morgan fingerprint density at radius 3 is 2.90 bits per heavy atom. The highest BCUT2D eigenvalue weighted by molar-refractivity contribution is 5.35. The van der Waals surface area contributed by atoms with Gasteiger partial charge in [0.25, 0.3) is 0 Å². The Balaban J connectivity index is 2.00. The molecule has 6 heteroatoms. The Hall–Kier alpha value is -1.79. The zero-order valence-corrected chi connectivity index (χ0v) is 12.2.